The number of nitrogens with one attached hydrogen (secondary N) is 1. The van der Waals surface area contributed by atoms with Crippen LogP contribution in [0.3, 0.4) is 0 Å². The Labute approximate surface area is 145 Å². The highest BCUT2D eigenvalue weighted by Crippen LogP contribution is 2.22. The molecule has 0 aliphatic carbocycles. The van der Waals surface area contributed by atoms with Crippen molar-refractivity contribution in [2.45, 2.75) is 13.8 Å². The molecule has 1 heterocycles. The Morgan fingerprint density at radius 2 is 1.76 bits per heavy atom. The number of hydrogen-bond donors (Lipinski definition) is 1. The molecule has 0 atom stereocenters. The summed E-state index contributed by atoms with van der Waals surface area (Å²) < 4.78 is 10.2. The average Bonchev–Trinajstić information content (AvgIpc) is 3.04. The normalized spacial score (nSPS) is 10.7. The van der Waals surface area contributed by atoms with E-state index < -0.39 is 5.97 Å². The Bertz CT molecular complexity index is 938. The predicted molar refractivity (Wildman–Crippen MR) is 95.4 cm³/mol. The standard InChI is InChI=1S/C20H19NO4/c1-12-8-13(2)16-10-18(21-17(16)9-12)20(23)25-11-19(22)14-4-6-15(24-3)7-5-14/h4-10,21H,11H2,1-3H3. The second-order valence-corrected chi connectivity index (χ2v) is 5.95. The number of aromatic amines is 1. The van der Waals surface area contributed by atoms with Gasteiger partial charge in [0.25, 0.3) is 0 Å². The second-order valence-electron chi connectivity index (χ2n) is 5.95. The maximum atomic E-state index is 12.2. The number of ketones is 1. The Kier molecular flexibility index (Phi) is 4.57. The van der Waals surface area contributed by atoms with Gasteiger partial charge in [0, 0.05) is 16.5 Å². The van der Waals surface area contributed by atoms with Crippen LogP contribution in [0.15, 0.2) is 42.5 Å². The third kappa shape index (κ3) is 3.55. The van der Waals surface area contributed by atoms with Gasteiger partial charge in [0.1, 0.15) is 11.4 Å². The van der Waals surface area contributed by atoms with Gasteiger partial charge in [-0.25, -0.2) is 4.79 Å². The van der Waals surface area contributed by atoms with E-state index in [0.29, 0.717) is 17.0 Å². The zero-order chi connectivity index (χ0) is 18.0. The lowest BCUT2D eigenvalue weighted by molar-refractivity contribution is 0.0470. The summed E-state index contributed by atoms with van der Waals surface area (Å²) in [6.07, 6.45) is 0. The number of H-pyrrole nitrogens is 1. The molecule has 0 spiro atoms. The van der Waals surface area contributed by atoms with Crippen molar-refractivity contribution >= 4 is 22.7 Å². The van der Waals surface area contributed by atoms with Crippen molar-refractivity contribution in [3.63, 3.8) is 0 Å². The summed E-state index contributed by atoms with van der Waals surface area (Å²) in [7, 11) is 1.56. The molecule has 2 aromatic carbocycles. The van der Waals surface area contributed by atoms with Gasteiger partial charge in [-0.15, -0.1) is 0 Å². The van der Waals surface area contributed by atoms with E-state index in [4.69, 9.17) is 9.47 Å². The summed E-state index contributed by atoms with van der Waals surface area (Å²) in [5, 5.41) is 0.971. The van der Waals surface area contributed by atoms with Crippen molar-refractivity contribution in [2.24, 2.45) is 0 Å². The first-order valence-corrected chi connectivity index (χ1v) is 7.92. The molecule has 3 aromatic rings. The van der Waals surface area contributed by atoms with E-state index in [0.717, 1.165) is 22.0 Å². The van der Waals surface area contributed by atoms with Crippen LogP contribution in [-0.4, -0.2) is 30.5 Å². The summed E-state index contributed by atoms with van der Waals surface area (Å²) in [4.78, 5) is 27.4. The van der Waals surface area contributed by atoms with Crippen molar-refractivity contribution < 1.29 is 19.1 Å². The second kappa shape index (κ2) is 6.81. The van der Waals surface area contributed by atoms with Gasteiger partial charge in [0.05, 0.1) is 7.11 Å². The topological polar surface area (TPSA) is 68.4 Å². The third-order valence-electron chi connectivity index (χ3n) is 4.06. The molecule has 1 N–H and O–H groups in total. The van der Waals surface area contributed by atoms with Crippen molar-refractivity contribution in [3.05, 3.63) is 64.8 Å². The van der Waals surface area contributed by atoms with Crippen LogP contribution in [0.5, 0.6) is 5.75 Å². The first kappa shape index (κ1) is 16.8. The summed E-state index contributed by atoms with van der Waals surface area (Å²) in [5.41, 5.74) is 3.88. The van der Waals surface area contributed by atoms with Gasteiger partial charge in [-0.1, -0.05) is 6.07 Å². The van der Waals surface area contributed by atoms with E-state index in [1.807, 2.05) is 19.9 Å². The molecular formula is C20H19NO4. The number of fused-ring (bicyclic) bond motifs is 1. The van der Waals surface area contributed by atoms with Crippen LogP contribution in [0.1, 0.15) is 32.0 Å². The van der Waals surface area contributed by atoms with Gasteiger partial charge in [0.2, 0.25) is 0 Å². The lowest BCUT2D eigenvalue weighted by Crippen LogP contribution is -2.14. The van der Waals surface area contributed by atoms with Crippen LogP contribution in [0, 0.1) is 13.8 Å². The lowest BCUT2D eigenvalue weighted by Gasteiger charge is -2.04. The van der Waals surface area contributed by atoms with Crippen molar-refractivity contribution in [1.29, 1.82) is 0 Å². The minimum Gasteiger partial charge on any atom is -0.497 e. The largest absolute Gasteiger partial charge is 0.497 e. The third-order valence-corrected chi connectivity index (χ3v) is 4.06. The van der Waals surface area contributed by atoms with Crippen LogP contribution in [-0.2, 0) is 4.74 Å². The average molecular weight is 337 g/mol. The van der Waals surface area contributed by atoms with Crippen LogP contribution >= 0.6 is 0 Å². The van der Waals surface area contributed by atoms with E-state index >= 15 is 0 Å². The molecule has 0 fully saturated rings. The number of carbonyl (C=O) groups is 2. The van der Waals surface area contributed by atoms with E-state index in [9.17, 15) is 9.59 Å². The fourth-order valence-electron chi connectivity index (χ4n) is 2.78. The molecule has 5 nitrogen and oxygen atoms in total. The molecular weight excluding hydrogens is 318 g/mol. The maximum Gasteiger partial charge on any atom is 0.355 e. The summed E-state index contributed by atoms with van der Waals surface area (Å²) in [6, 6.07) is 12.5. The molecule has 0 bridgehead atoms. The van der Waals surface area contributed by atoms with E-state index in [1.165, 1.54) is 0 Å². The fraction of sp³-hybridized carbons (Fsp3) is 0.200. The number of aromatic nitrogens is 1. The molecule has 5 heteroatoms. The molecule has 128 valence electrons. The van der Waals surface area contributed by atoms with Gasteiger partial charge >= 0.3 is 5.97 Å². The molecule has 25 heavy (non-hydrogen) atoms. The number of ether oxygens (including phenoxy) is 2. The van der Waals surface area contributed by atoms with Gasteiger partial charge in [-0.2, -0.15) is 0 Å². The highest BCUT2D eigenvalue weighted by molar-refractivity contribution is 6.00. The Hall–Kier alpha value is -3.08. The number of aryl methyl sites for hydroxylation is 2. The summed E-state index contributed by atoms with van der Waals surface area (Å²) in [6.45, 7) is 3.68. The zero-order valence-electron chi connectivity index (χ0n) is 14.4. The van der Waals surface area contributed by atoms with Crippen LogP contribution < -0.4 is 4.74 Å². The Morgan fingerprint density at radius 1 is 1.04 bits per heavy atom. The SMILES string of the molecule is COc1ccc(C(=O)COC(=O)c2cc3c(C)cc(C)cc3[nH]2)cc1. The highest BCUT2D eigenvalue weighted by atomic mass is 16.5. The molecule has 0 unspecified atom stereocenters. The van der Waals surface area contributed by atoms with Crippen molar-refractivity contribution in [2.75, 3.05) is 13.7 Å². The Morgan fingerprint density at radius 3 is 2.44 bits per heavy atom. The number of esters is 1. The minimum atomic E-state index is -0.546. The molecule has 0 aliphatic heterocycles. The first-order valence-electron chi connectivity index (χ1n) is 7.92. The molecule has 0 amide bonds. The number of benzene rings is 2. The van der Waals surface area contributed by atoms with Crippen molar-refractivity contribution in [1.82, 2.24) is 4.98 Å². The van der Waals surface area contributed by atoms with Gasteiger partial charge in [0.15, 0.2) is 12.4 Å². The van der Waals surface area contributed by atoms with Crippen LogP contribution in [0.2, 0.25) is 0 Å². The molecule has 0 saturated carbocycles. The van der Waals surface area contributed by atoms with Gasteiger partial charge < -0.3 is 14.5 Å². The van der Waals surface area contributed by atoms with Crippen molar-refractivity contribution in [3.8, 4) is 5.75 Å². The quantitative estimate of drug-likeness (QED) is 0.567. The molecule has 0 saturated heterocycles. The van der Waals surface area contributed by atoms with E-state index in [2.05, 4.69) is 11.1 Å². The molecule has 3 rings (SSSR count). The zero-order valence-corrected chi connectivity index (χ0v) is 14.4. The molecule has 0 radical (unpaired) electrons. The number of Topliss-reactive ketones (excluding diaryl/α,β-unsaturated/α-hetero) is 1. The van der Waals surface area contributed by atoms with Gasteiger partial charge in [-0.05, 0) is 61.4 Å². The van der Waals surface area contributed by atoms with E-state index in [1.54, 1.807) is 37.4 Å². The smallest absolute Gasteiger partial charge is 0.355 e. The van der Waals surface area contributed by atoms with Crippen LogP contribution in [0.25, 0.3) is 10.9 Å². The van der Waals surface area contributed by atoms with Gasteiger partial charge in [-0.3, -0.25) is 4.79 Å². The fourth-order valence-corrected chi connectivity index (χ4v) is 2.78. The number of carbonyl (C=O) groups excluding carboxylic acids is 2. The minimum absolute atomic E-state index is 0.265. The number of hydrogen-bond acceptors (Lipinski definition) is 4. The summed E-state index contributed by atoms with van der Waals surface area (Å²) >= 11 is 0. The maximum absolute atomic E-state index is 12.2. The molecule has 0 aliphatic rings. The number of methoxy groups -OCH3 is 1. The first-order chi connectivity index (χ1) is 12.0. The Balaban J connectivity index is 1.69. The van der Waals surface area contributed by atoms with E-state index in [-0.39, 0.29) is 12.4 Å². The lowest BCUT2D eigenvalue weighted by atomic mass is 10.1. The molecule has 1 aromatic heterocycles. The van der Waals surface area contributed by atoms with Crippen LogP contribution in [0.4, 0.5) is 0 Å². The highest BCUT2D eigenvalue weighted by Gasteiger charge is 2.15. The predicted octanol–water partition coefficient (Wildman–Crippen LogP) is 3.83. The summed E-state index contributed by atoms with van der Waals surface area (Å²) in [5.74, 6) is -0.147. The number of rotatable bonds is 5. The monoisotopic (exact) mass is 337 g/mol.